The number of benzene rings is 2. The van der Waals surface area contributed by atoms with Gasteiger partial charge in [0.1, 0.15) is 0 Å². The van der Waals surface area contributed by atoms with E-state index >= 15 is 0 Å². The van der Waals surface area contributed by atoms with E-state index in [2.05, 4.69) is 28.1 Å². The maximum atomic E-state index is 12.9. The third kappa shape index (κ3) is 3.18. The van der Waals surface area contributed by atoms with Gasteiger partial charge in [0.25, 0.3) is 5.91 Å². The fourth-order valence-corrected chi connectivity index (χ4v) is 2.93. The third-order valence-electron chi connectivity index (χ3n) is 3.87. The molecule has 3 rings (SSSR count). The van der Waals surface area contributed by atoms with Crippen LogP contribution in [0.3, 0.4) is 0 Å². The van der Waals surface area contributed by atoms with E-state index in [4.69, 9.17) is 0 Å². The zero-order chi connectivity index (χ0) is 14.8. The second-order valence-electron chi connectivity index (χ2n) is 5.59. The molecule has 1 fully saturated rings. The number of nitrogens with zero attached hydrogens (tertiary/aromatic N) is 1. The molecule has 1 aliphatic rings. The summed E-state index contributed by atoms with van der Waals surface area (Å²) in [7, 11) is 0. The summed E-state index contributed by atoms with van der Waals surface area (Å²) in [4.78, 5) is 14.9. The number of amides is 1. The molecule has 0 saturated heterocycles. The zero-order valence-electron chi connectivity index (χ0n) is 12.1. The number of hydrogen-bond donors (Lipinski definition) is 0. The fourth-order valence-electron chi connectivity index (χ4n) is 2.50. The fraction of sp³-hybridized carbons (Fsp3) is 0.278. The molecule has 0 atom stereocenters. The summed E-state index contributed by atoms with van der Waals surface area (Å²) in [5, 5.41) is 0. The Morgan fingerprint density at radius 1 is 1.14 bits per heavy atom. The van der Waals surface area contributed by atoms with Crippen molar-refractivity contribution in [3.05, 3.63) is 69.7 Å². The van der Waals surface area contributed by atoms with Gasteiger partial charge in [0.15, 0.2) is 0 Å². The Balaban J connectivity index is 1.87. The van der Waals surface area contributed by atoms with E-state index in [1.54, 1.807) is 0 Å². The molecule has 2 nitrogen and oxygen atoms in total. The highest BCUT2D eigenvalue weighted by Crippen LogP contribution is 2.32. The lowest BCUT2D eigenvalue weighted by atomic mass is 10.1. The second-order valence-corrected chi connectivity index (χ2v) is 6.38. The van der Waals surface area contributed by atoms with Crippen LogP contribution in [0.25, 0.3) is 0 Å². The molecule has 0 N–H and O–H groups in total. The molecule has 2 aromatic rings. The Labute approximate surface area is 133 Å². The Morgan fingerprint density at radius 3 is 2.52 bits per heavy atom. The minimum atomic E-state index is 0.122. The SMILES string of the molecule is Cc1cccc(C(=O)N(Cc2ccccc2)C2CC2)c1Br. The summed E-state index contributed by atoms with van der Waals surface area (Å²) in [6.45, 7) is 2.70. The normalized spacial score (nSPS) is 14.0. The lowest BCUT2D eigenvalue weighted by Gasteiger charge is -2.23. The highest BCUT2D eigenvalue weighted by molar-refractivity contribution is 9.10. The molecule has 108 valence electrons. The van der Waals surface area contributed by atoms with Gasteiger partial charge >= 0.3 is 0 Å². The Bertz CT molecular complexity index is 650. The Kier molecular flexibility index (Phi) is 4.11. The van der Waals surface area contributed by atoms with E-state index in [-0.39, 0.29) is 5.91 Å². The van der Waals surface area contributed by atoms with Crippen LogP contribution in [0.2, 0.25) is 0 Å². The van der Waals surface area contributed by atoms with Crippen molar-refractivity contribution < 1.29 is 4.79 Å². The van der Waals surface area contributed by atoms with Crippen molar-refractivity contribution in [2.75, 3.05) is 0 Å². The first-order valence-electron chi connectivity index (χ1n) is 7.27. The average Bonchev–Trinajstić information content (AvgIpc) is 3.33. The van der Waals surface area contributed by atoms with Crippen LogP contribution in [0.15, 0.2) is 53.0 Å². The van der Waals surface area contributed by atoms with Crippen LogP contribution in [0.4, 0.5) is 0 Å². The van der Waals surface area contributed by atoms with Gasteiger partial charge in [-0.05, 0) is 52.9 Å². The molecule has 0 aromatic heterocycles. The number of carbonyl (C=O) groups is 1. The maximum absolute atomic E-state index is 12.9. The van der Waals surface area contributed by atoms with Crippen molar-refractivity contribution in [1.29, 1.82) is 0 Å². The third-order valence-corrected chi connectivity index (χ3v) is 4.92. The molecule has 1 aliphatic carbocycles. The van der Waals surface area contributed by atoms with Crippen molar-refractivity contribution >= 4 is 21.8 Å². The zero-order valence-corrected chi connectivity index (χ0v) is 13.6. The molecular weight excluding hydrogens is 326 g/mol. The minimum Gasteiger partial charge on any atom is -0.331 e. The number of halogens is 1. The Morgan fingerprint density at radius 2 is 1.86 bits per heavy atom. The number of rotatable bonds is 4. The van der Waals surface area contributed by atoms with E-state index in [1.165, 1.54) is 5.56 Å². The van der Waals surface area contributed by atoms with E-state index in [1.807, 2.05) is 48.2 Å². The highest BCUT2D eigenvalue weighted by Gasteiger charge is 2.33. The predicted molar refractivity (Wildman–Crippen MR) is 88.2 cm³/mol. The molecule has 0 spiro atoms. The summed E-state index contributed by atoms with van der Waals surface area (Å²) in [6, 6.07) is 16.5. The van der Waals surface area contributed by atoms with Crippen LogP contribution in [0.1, 0.15) is 34.3 Å². The summed E-state index contributed by atoms with van der Waals surface area (Å²) in [5.41, 5.74) is 3.04. The maximum Gasteiger partial charge on any atom is 0.255 e. The summed E-state index contributed by atoms with van der Waals surface area (Å²) in [6.07, 6.45) is 2.23. The van der Waals surface area contributed by atoms with Gasteiger partial charge < -0.3 is 4.90 Å². The van der Waals surface area contributed by atoms with Gasteiger partial charge in [0, 0.05) is 17.1 Å². The molecule has 21 heavy (non-hydrogen) atoms. The smallest absolute Gasteiger partial charge is 0.255 e. The van der Waals surface area contributed by atoms with E-state index in [9.17, 15) is 4.79 Å². The first-order valence-corrected chi connectivity index (χ1v) is 8.06. The molecule has 1 saturated carbocycles. The first kappa shape index (κ1) is 14.3. The summed E-state index contributed by atoms with van der Waals surface area (Å²) < 4.78 is 0.911. The van der Waals surface area contributed by atoms with Crippen LogP contribution < -0.4 is 0 Å². The molecule has 1 amide bonds. The average molecular weight is 344 g/mol. The van der Waals surface area contributed by atoms with Crippen LogP contribution >= 0.6 is 15.9 Å². The molecule has 0 heterocycles. The second kappa shape index (κ2) is 6.02. The molecule has 0 aliphatic heterocycles. The van der Waals surface area contributed by atoms with Crippen molar-refractivity contribution in [2.45, 2.75) is 32.4 Å². The van der Waals surface area contributed by atoms with Crippen molar-refractivity contribution in [1.82, 2.24) is 4.90 Å². The quantitative estimate of drug-likeness (QED) is 0.796. The lowest BCUT2D eigenvalue weighted by Crippen LogP contribution is -2.32. The summed E-state index contributed by atoms with van der Waals surface area (Å²) in [5.74, 6) is 0.122. The number of carbonyl (C=O) groups excluding carboxylic acids is 1. The lowest BCUT2D eigenvalue weighted by molar-refractivity contribution is 0.0729. The van der Waals surface area contributed by atoms with Crippen LogP contribution in [0, 0.1) is 6.92 Å². The monoisotopic (exact) mass is 343 g/mol. The molecule has 0 bridgehead atoms. The van der Waals surface area contributed by atoms with Crippen LogP contribution in [-0.2, 0) is 6.54 Å². The Hall–Kier alpha value is -1.61. The minimum absolute atomic E-state index is 0.122. The molecular formula is C18H18BrNO. The number of hydrogen-bond acceptors (Lipinski definition) is 1. The molecule has 0 unspecified atom stereocenters. The topological polar surface area (TPSA) is 20.3 Å². The van der Waals surface area contributed by atoms with Gasteiger partial charge in [-0.25, -0.2) is 0 Å². The van der Waals surface area contributed by atoms with Crippen LogP contribution in [0.5, 0.6) is 0 Å². The predicted octanol–water partition coefficient (Wildman–Crippen LogP) is 4.56. The summed E-state index contributed by atoms with van der Waals surface area (Å²) >= 11 is 3.56. The van der Waals surface area contributed by atoms with E-state index in [0.717, 1.165) is 28.4 Å². The van der Waals surface area contributed by atoms with Gasteiger partial charge in [-0.3, -0.25) is 4.79 Å². The van der Waals surface area contributed by atoms with E-state index in [0.29, 0.717) is 12.6 Å². The van der Waals surface area contributed by atoms with Gasteiger partial charge in [-0.15, -0.1) is 0 Å². The van der Waals surface area contributed by atoms with Gasteiger partial charge in [0.05, 0.1) is 5.56 Å². The first-order chi connectivity index (χ1) is 10.2. The largest absolute Gasteiger partial charge is 0.331 e. The highest BCUT2D eigenvalue weighted by atomic mass is 79.9. The molecule has 0 radical (unpaired) electrons. The standard InChI is InChI=1S/C18H18BrNO/c1-13-6-5-9-16(17(13)19)18(21)20(15-10-11-15)12-14-7-3-2-4-8-14/h2-9,15H,10-12H2,1H3. The van der Waals surface area contributed by atoms with Crippen molar-refractivity contribution in [2.24, 2.45) is 0 Å². The number of aryl methyl sites for hydroxylation is 1. The van der Waals surface area contributed by atoms with Gasteiger partial charge in [-0.1, -0.05) is 42.5 Å². The van der Waals surface area contributed by atoms with Crippen molar-refractivity contribution in [3.63, 3.8) is 0 Å². The molecule has 2 aromatic carbocycles. The van der Waals surface area contributed by atoms with Crippen molar-refractivity contribution in [3.8, 4) is 0 Å². The van der Waals surface area contributed by atoms with Crippen LogP contribution in [-0.4, -0.2) is 16.8 Å². The van der Waals surface area contributed by atoms with E-state index < -0.39 is 0 Å². The van der Waals surface area contributed by atoms with Gasteiger partial charge in [-0.2, -0.15) is 0 Å². The molecule has 3 heteroatoms. The van der Waals surface area contributed by atoms with Gasteiger partial charge in [0.2, 0.25) is 0 Å².